The molecule has 1 amide bonds. The number of nitrogens with zero attached hydrogens (tertiary/aromatic N) is 3. The number of hydrogen-bond donors (Lipinski definition) is 2. The maximum Gasteiger partial charge on any atom is 0.282 e. The van der Waals surface area contributed by atoms with Crippen molar-refractivity contribution in [3.8, 4) is 5.88 Å². The van der Waals surface area contributed by atoms with Crippen LogP contribution in [-0.4, -0.2) is 29.0 Å². The zero-order valence-electron chi connectivity index (χ0n) is 14.3. The molecule has 1 aromatic heterocycles. The van der Waals surface area contributed by atoms with E-state index in [-0.39, 0.29) is 29.0 Å². The minimum absolute atomic E-state index is 0.147. The van der Waals surface area contributed by atoms with Crippen LogP contribution in [0.3, 0.4) is 0 Å². The molecule has 1 saturated carbocycles. The lowest BCUT2D eigenvalue weighted by atomic mass is 10.0. The van der Waals surface area contributed by atoms with Crippen molar-refractivity contribution < 1.29 is 14.3 Å². The summed E-state index contributed by atoms with van der Waals surface area (Å²) in [4.78, 5) is 24.8. The number of benzene rings is 1. The zero-order chi connectivity index (χ0) is 18.6. The molecule has 26 heavy (non-hydrogen) atoms. The second kappa shape index (κ2) is 7.22. The Morgan fingerprint density at radius 2 is 2.19 bits per heavy atom. The van der Waals surface area contributed by atoms with Gasteiger partial charge in [0, 0.05) is 5.69 Å². The van der Waals surface area contributed by atoms with E-state index in [1.54, 1.807) is 6.07 Å². The van der Waals surface area contributed by atoms with E-state index in [1.807, 2.05) is 18.2 Å². The number of carbonyl (C=O) groups is 1. The second-order valence-electron chi connectivity index (χ2n) is 5.75. The highest BCUT2D eigenvalue weighted by Gasteiger charge is 2.45. The van der Waals surface area contributed by atoms with Crippen LogP contribution in [0.4, 0.5) is 5.69 Å². The Morgan fingerprint density at radius 1 is 1.38 bits per heavy atom. The van der Waals surface area contributed by atoms with Gasteiger partial charge in [-0.1, -0.05) is 18.7 Å². The van der Waals surface area contributed by atoms with Gasteiger partial charge in [0.15, 0.2) is 0 Å². The van der Waals surface area contributed by atoms with Crippen molar-refractivity contribution in [1.82, 2.24) is 9.97 Å². The monoisotopic (exact) mass is 353 g/mol. The average molecular weight is 353 g/mol. The van der Waals surface area contributed by atoms with Crippen LogP contribution >= 0.6 is 0 Å². The zero-order valence-corrected chi connectivity index (χ0v) is 14.3. The quantitative estimate of drug-likeness (QED) is 0.468. The summed E-state index contributed by atoms with van der Waals surface area (Å²) in [7, 11) is 1.48. The molecular formula is C18H19N5O3. The third-order valence-corrected chi connectivity index (χ3v) is 3.98. The first-order chi connectivity index (χ1) is 12.6. The molecule has 0 spiro atoms. The molecule has 3 rings (SSSR count). The molecule has 0 atom stereocenters. The van der Waals surface area contributed by atoms with Crippen LogP contribution in [0.25, 0.3) is 0 Å². The summed E-state index contributed by atoms with van der Waals surface area (Å²) in [5.41, 5.74) is 7.10. The fourth-order valence-electron chi connectivity index (χ4n) is 2.50. The number of ether oxygens (including phenoxy) is 2. The first-order valence-electron chi connectivity index (χ1n) is 7.97. The van der Waals surface area contributed by atoms with Crippen molar-refractivity contribution in [2.24, 2.45) is 10.7 Å². The Balaban J connectivity index is 1.74. The number of amides is 1. The van der Waals surface area contributed by atoms with Crippen LogP contribution in [0.5, 0.6) is 5.88 Å². The molecule has 1 fully saturated rings. The van der Waals surface area contributed by atoms with Crippen LogP contribution in [-0.2, 0) is 10.3 Å². The second-order valence-corrected chi connectivity index (χ2v) is 5.75. The molecule has 0 saturated heterocycles. The summed E-state index contributed by atoms with van der Waals surface area (Å²) in [6.45, 7) is 3.43. The number of aliphatic imine (C=N–C) groups is 1. The lowest BCUT2D eigenvalue weighted by molar-refractivity contribution is 0.102. The Morgan fingerprint density at radius 3 is 2.81 bits per heavy atom. The summed E-state index contributed by atoms with van der Waals surface area (Å²) in [5, 5.41) is 2.80. The number of rotatable bonds is 6. The Hall–Kier alpha value is -3.42. The number of nitrogens with one attached hydrogen (secondary N) is 1. The fraction of sp³-hybridized carbons (Fsp3) is 0.222. The van der Waals surface area contributed by atoms with Crippen molar-refractivity contribution in [3.63, 3.8) is 0 Å². The van der Waals surface area contributed by atoms with Gasteiger partial charge >= 0.3 is 0 Å². The van der Waals surface area contributed by atoms with E-state index in [4.69, 9.17) is 15.2 Å². The third kappa shape index (κ3) is 3.80. The lowest BCUT2D eigenvalue weighted by Gasteiger charge is -2.13. The number of nitrogens with two attached hydrogens (primary N) is 1. The van der Waals surface area contributed by atoms with Gasteiger partial charge in [-0.15, -0.1) is 0 Å². The highest BCUT2D eigenvalue weighted by molar-refractivity contribution is 6.02. The SMILES string of the molecule is C=COc1cnc(C(=O)Nc2cccc(C3(N=C(N)OC)CC3)c2)cn1. The Kier molecular flexibility index (Phi) is 4.83. The van der Waals surface area contributed by atoms with Crippen molar-refractivity contribution in [2.75, 3.05) is 12.4 Å². The molecule has 2 aromatic rings. The first kappa shape index (κ1) is 17.4. The predicted octanol–water partition coefficient (Wildman–Crippen LogP) is 2.20. The van der Waals surface area contributed by atoms with Crippen molar-refractivity contribution in [2.45, 2.75) is 18.4 Å². The van der Waals surface area contributed by atoms with Crippen molar-refractivity contribution in [1.29, 1.82) is 0 Å². The molecule has 134 valence electrons. The van der Waals surface area contributed by atoms with Gasteiger partial charge in [-0.05, 0) is 30.5 Å². The molecule has 1 heterocycles. The number of hydrogen-bond acceptors (Lipinski definition) is 6. The molecule has 8 nitrogen and oxygen atoms in total. The van der Waals surface area contributed by atoms with Gasteiger partial charge in [-0.3, -0.25) is 4.79 Å². The van der Waals surface area contributed by atoms with E-state index < -0.39 is 0 Å². The summed E-state index contributed by atoms with van der Waals surface area (Å²) in [6.07, 6.45) is 5.69. The molecular weight excluding hydrogens is 334 g/mol. The summed E-state index contributed by atoms with van der Waals surface area (Å²) in [5.74, 6) is -0.104. The topological polar surface area (TPSA) is 112 Å². The van der Waals surface area contributed by atoms with E-state index in [2.05, 4.69) is 26.9 Å². The highest BCUT2D eigenvalue weighted by Crippen LogP contribution is 2.50. The van der Waals surface area contributed by atoms with E-state index in [0.717, 1.165) is 18.4 Å². The molecule has 0 aliphatic heterocycles. The number of carbonyl (C=O) groups excluding carboxylic acids is 1. The molecule has 8 heteroatoms. The maximum atomic E-state index is 12.3. The van der Waals surface area contributed by atoms with Crippen LogP contribution in [0.15, 0.2) is 54.5 Å². The Labute approximate surface area is 150 Å². The average Bonchev–Trinajstić information content (AvgIpc) is 3.43. The maximum absolute atomic E-state index is 12.3. The summed E-state index contributed by atoms with van der Waals surface area (Å²) in [6, 6.07) is 7.63. The van der Waals surface area contributed by atoms with Gasteiger partial charge in [-0.2, -0.15) is 0 Å². The highest BCUT2D eigenvalue weighted by atomic mass is 16.5. The number of anilines is 1. The van der Waals surface area contributed by atoms with Crippen molar-refractivity contribution in [3.05, 3.63) is 60.8 Å². The third-order valence-electron chi connectivity index (χ3n) is 3.98. The molecule has 0 bridgehead atoms. The Bertz CT molecular complexity index is 844. The van der Waals surface area contributed by atoms with Gasteiger partial charge in [0.05, 0.1) is 31.3 Å². The minimum Gasteiger partial charge on any atom is -0.469 e. The number of aromatic nitrogens is 2. The van der Waals surface area contributed by atoms with Gasteiger partial charge < -0.3 is 20.5 Å². The summed E-state index contributed by atoms with van der Waals surface area (Å²) < 4.78 is 9.94. The molecule has 0 radical (unpaired) electrons. The van der Waals surface area contributed by atoms with E-state index in [9.17, 15) is 4.79 Å². The first-order valence-corrected chi connectivity index (χ1v) is 7.97. The summed E-state index contributed by atoms with van der Waals surface area (Å²) >= 11 is 0. The van der Waals surface area contributed by atoms with Crippen LogP contribution in [0, 0.1) is 0 Å². The molecule has 1 aliphatic carbocycles. The van der Waals surface area contributed by atoms with Crippen LogP contribution in [0.1, 0.15) is 28.9 Å². The van der Waals surface area contributed by atoms with E-state index in [1.165, 1.54) is 25.8 Å². The van der Waals surface area contributed by atoms with Gasteiger partial charge in [0.1, 0.15) is 5.69 Å². The standard InChI is InChI=1S/C18H19N5O3/c1-3-26-15-11-20-14(10-21-15)16(24)22-13-6-4-5-12(9-13)18(7-8-18)23-17(19)25-2/h3-6,9-11H,1,7-8H2,2H3,(H2,19,23)(H,22,24). The minimum atomic E-state index is -0.371. The molecule has 1 aliphatic rings. The van der Waals surface area contributed by atoms with E-state index >= 15 is 0 Å². The fourth-order valence-corrected chi connectivity index (χ4v) is 2.50. The van der Waals surface area contributed by atoms with Gasteiger partial charge in [-0.25, -0.2) is 15.0 Å². The largest absolute Gasteiger partial charge is 0.469 e. The van der Waals surface area contributed by atoms with Crippen LogP contribution < -0.4 is 15.8 Å². The van der Waals surface area contributed by atoms with Gasteiger partial charge in [0.25, 0.3) is 11.9 Å². The van der Waals surface area contributed by atoms with Crippen LogP contribution in [0.2, 0.25) is 0 Å². The van der Waals surface area contributed by atoms with E-state index in [0.29, 0.717) is 5.69 Å². The smallest absolute Gasteiger partial charge is 0.282 e. The molecule has 0 unspecified atom stereocenters. The lowest BCUT2D eigenvalue weighted by Crippen LogP contribution is -2.18. The van der Waals surface area contributed by atoms with Gasteiger partial charge in [0.2, 0.25) is 5.88 Å². The normalized spacial score (nSPS) is 15.0. The van der Waals surface area contributed by atoms with Crippen molar-refractivity contribution >= 4 is 17.6 Å². The predicted molar refractivity (Wildman–Crippen MR) is 96.8 cm³/mol. The number of amidine groups is 1. The molecule has 1 aromatic carbocycles. The number of methoxy groups -OCH3 is 1. The molecule has 3 N–H and O–H groups in total.